The topological polar surface area (TPSA) is 52.2 Å². The number of thiazole rings is 1. The lowest BCUT2D eigenvalue weighted by Gasteiger charge is -2.06. The number of terminal acetylenes is 1. The summed E-state index contributed by atoms with van der Waals surface area (Å²) >= 11 is 7.43. The average Bonchev–Trinajstić information content (AvgIpc) is 3.09. The van der Waals surface area contributed by atoms with Crippen LogP contribution in [0, 0.1) is 19.3 Å². The predicted molar refractivity (Wildman–Crippen MR) is 101 cm³/mol. The highest BCUT2D eigenvalue weighted by molar-refractivity contribution is 7.16. The summed E-state index contributed by atoms with van der Waals surface area (Å²) in [5.41, 5.74) is 2.16. The van der Waals surface area contributed by atoms with Gasteiger partial charge >= 0.3 is 0 Å². The van der Waals surface area contributed by atoms with Gasteiger partial charge in [0.25, 0.3) is 5.91 Å². The molecule has 0 saturated carbocycles. The highest BCUT2D eigenvalue weighted by Crippen LogP contribution is 2.22. The summed E-state index contributed by atoms with van der Waals surface area (Å²) in [6.07, 6.45) is 5.47. The highest BCUT2D eigenvalue weighted by atomic mass is 35.5. The zero-order valence-corrected chi connectivity index (χ0v) is 15.7. The fraction of sp³-hybridized carbons (Fsp3) is 0.278. The van der Waals surface area contributed by atoms with Gasteiger partial charge in [-0.15, -0.1) is 6.42 Å². The van der Waals surface area contributed by atoms with Crippen molar-refractivity contribution in [3.05, 3.63) is 45.5 Å². The molecule has 0 bridgehead atoms. The molecular formula is C18H17ClN4OS. The first kappa shape index (κ1) is 17.5. The third kappa shape index (κ3) is 3.39. The van der Waals surface area contributed by atoms with Crippen LogP contribution in [0.1, 0.15) is 36.1 Å². The van der Waals surface area contributed by atoms with Crippen LogP contribution in [0.5, 0.6) is 0 Å². The quantitative estimate of drug-likeness (QED) is 0.656. The fourth-order valence-electron chi connectivity index (χ4n) is 2.64. The summed E-state index contributed by atoms with van der Waals surface area (Å²) in [7, 11) is 0. The van der Waals surface area contributed by atoms with Gasteiger partial charge in [0.1, 0.15) is 0 Å². The van der Waals surface area contributed by atoms with Gasteiger partial charge in [-0.25, -0.2) is 0 Å². The number of rotatable bonds is 3. The molecule has 3 rings (SSSR count). The Morgan fingerprint density at radius 1 is 1.44 bits per heavy atom. The molecule has 0 aliphatic heterocycles. The van der Waals surface area contributed by atoms with Gasteiger partial charge in [-0.1, -0.05) is 28.9 Å². The van der Waals surface area contributed by atoms with Crippen molar-refractivity contribution < 1.29 is 4.79 Å². The van der Waals surface area contributed by atoms with Crippen LogP contribution >= 0.6 is 22.9 Å². The van der Waals surface area contributed by atoms with E-state index in [0.29, 0.717) is 22.1 Å². The van der Waals surface area contributed by atoms with Crippen molar-refractivity contribution in [3.8, 4) is 12.3 Å². The Bertz CT molecular complexity index is 1070. The lowest BCUT2D eigenvalue weighted by molar-refractivity contribution is 0.0992. The average molecular weight is 373 g/mol. The van der Waals surface area contributed by atoms with Crippen LogP contribution in [-0.4, -0.2) is 20.3 Å². The molecule has 3 aromatic rings. The number of halogens is 1. The first-order valence-electron chi connectivity index (χ1n) is 7.78. The van der Waals surface area contributed by atoms with Crippen molar-refractivity contribution >= 4 is 39.1 Å². The monoisotopic (exact) mass is 372 g/mol. The van der Waals surface area contributed by atoms with Gasteiger partial charge in [0.05, 0.1) is 16.8 Å². The van der Waals surface area contributed by atoms with Crippen molar-refractivity contribution in [2.75, 3.05) is 0 Å². The van der Waals surface area contributed by atoms with Crippen LogP contribution in [0.2, 0.25) is 5.02 Å². The molecular weight excluding hydrogens is 356 g/mol. The van der Waals surface area contributed by atoms with Crippen molar-refractivity contribution in [1.82, 2.24) is 14.3 Å². The molecule has 5 nitrogen and oxygen atoms in total. The standard InChI is InChI=1S/C18H17ClN4OS/c1-5-8-22-15-7-6-13(19)10-16(15)25-18(22)20-17(24)14-9-12(4)23(21-14)11(2)3/h1,6-7,9-11H,8H2,2-4H3. The van der Waals surface area contributed by atoms with Crippen molar-refractivity contribution in [1.29, 1.82) is 0 Å². The van der Waals surface area contributed by atoms with Gasteiger partial charge in [-0.05, 0) is 45.0 Å². The second-order valence-electron chi connectivity index (χ2n) is 5.91. The molecule has 0 unspecified atom stereocenters. The van der Waals surface area contributed by atoms with Crippen molar-refractivity contribution in [2.45, 2.75) is 33.4 Å². The van der Waals surface area contributed by atoms with Crippen LogP contribution in [0.25, 0.3) is 10.2 Å². The number of carbonyl (C=O) groups excluding carboxylic acids is 1. The lowest BCUT2D eigenvalue weighted by atomic mass is 10.3. The van der Waals surface area contributed by atoms with E-state index in [4.69, 9.17) is 18.0 Å². The third-order valence-corrected chi connectivity index (χ3v) is 5.00. The molecule has 25 heavy (non-hydrogen) atoms. The zero-order chi connectivity index (χ0) is 18.1. The highest BCUT2D eigenvalue weighted by Gasteiger charge is 2.14. The summed E-state index contributed by atoms with van der Waals surface area (Å²) in [6.45, 7) is 6.28. The first-order valence-corrected chi connectivity index (χ1v) is 8.97. The first-order chi connectivity index (χ1) is 11.9. The van der Waals surface area contributed by atoms with Gasteiger partial charge in [-0.2, -0.15) is 10.1 Å². The maximum Gasteiger partial charge on any atom is 0.300 e. The van der Waals surface area contributed by atoms with Crippen LogP contribution < -0.4 is 4.80 Å². The Balaban J connectivity index is 2.11. The van der Waals surface area contributed by atoms with Gasteiger partial charge in [0.2, 0.25) is 0 Å². The van der Waals surface area contributed by atoms with E-state index in [0.717, 1.165) is 15.9 Å². The number of benzene rings is 1. The predicted octanol–water partition coefficient (Wildman–Crippen LogP) is 3.82. The van der Waals surface area contributed by atoms with Gasteiger partial charge in [0, 0.05) is 16.8 Å². The van der Waals surface area contributed by atoms with Crippen LogP contribution in [0.15, 0.2) is 29.3 Å². The molecule has 2 heterocycles. The molecule has 0 radical (unpaired) electrons. The Hall–Kier alpha value is -2.36. The van der Waals surface area contributed by atoms with E-state index in [1.165, 1.54) is 11.3 Å². The minimum Gasteiger partial charge on any atom is -0.305 e. The summed E-state index contributed by atoms with van der Waals surface area (Å²) in [5, 5.41) is 4.99. The number of amides is 1. The fourth-order valence-corrected chi connectivity index (χ4v) is 3.94. The number of hydrogen-bond donors (Lipinski definition) is 0. The summed E-state index contributed by atoms with van der Waals surface area (Å²) in [6, 6.07) is 7.45. The Kier molecular flexibility index (Phi) is 4.80. The van der Waals surface area contributed by atoms with Crippen LogP contribution in [-0.2, 0) is 6.54 Å². The number of nitrogens with zero attached hydrogens (tertiary/aromatic N) is 4. The molecule has 7 heteroatoms. The summed E-state index contributed by atoms with van der Waals surface area (Å²) in [4.78, 5) is 17.4. The Morgan fingerprint density at radius 3 is 2.84 bits per heavy atom. The maximum atomic E-state index is 12.6. The Labute approximate surface area is 154 Å². The number of fused-ring (bicyclic) bond motifs is 1. The second kappa shape index (κ2) is 6.87. The van der Waals surface area contributed by atoms with E-state index in [2.05, 4.69) is 16.0 Å². The molecule has 2 aromatic heterocycles. The van der Waals surface area contributed by atoms with E-state index in [1.807, 2.05) is 42.2 Å². The van der Waals surface area contributed by atoms with Gasteiger partial charge < -0.3 is 4.57 Å². The lowest BCUT2D eigenvalue weighted by Crippen LogP contribution is -2.16. The maximum absolute atomic E-state index is 12.6. The molecule has 0 fully saturated rings. The van der Waals surface area contributed by atoms with Crippen LogP contribution in [0.3, 0.4) is 0 Å². The molecule has 0 spiro atoms. The molecule has 0 saturated heterocycles. The van der Waals surface area contributed by atoms with Crippen molar-refractivity contribution in [3.63, 3.8) is 0 Å². The normalized spacial score (nSPS) is 12.1. The van der Waals surface area contributed by atoms with Crippen LogP contribution in [0.4, 0.5) is 0 Å². The van der Waals surface area contributed by atoms with Gasteiger partial charge in [-0.3, -0.25) is 9.48 Å². The zero-order valence-electron chi connectivity index (χ0n) is 14.2. The van der Waals surface area contributed by atoms with E-state index in [-0.39, 0.29) is 11.9 Å². The summed E-state index contributed by atoms with van der Waals surface area (Å²) in [5.74, 6) is 2.22. The second-order valence-corrected chi connectivity index (χ2v) is 7.36. The number of aryl methyl sites for hydroxylation is 1. The SMILES string of the molecule is C#CCn1c(=NC(=O)c2cc(C)n(C(C)C)n2)sc2cc(Cl)ccc21. The van der Waals surface area contributed by atoms with E-state index < -0.39 is 0 Å². The molecule has 0 aliphatic carbocycles. The number of carbonyl (C=O) groups is 1. The van der Waals surface area contributed by atoms with E-state index in [1.54, 1.807) is 12.1 Å². The molecule has 0 atom stereocenters. The molecule has 0 aliphatic rings. The largest absolute Gasteiger partial charge is 0.305 e. The smallest absolute Gasteiger partial charge is 0.300 e. The number of aromatic nitrogens is 3. The Morgan fingerprint density at radius 2 is 2.20 bits per heavy atom. The molecule has 1 amide bonds. The van der Waals surface area contributed by atoms with Gasteiger partial charge in [0.15, 0.2) is 10.5 Å². The number of hydrogen-bond acceptors (Lipinski definition) is 3. The summed E-state index contributed by atoms with van der Waals surface area (Å²) < 4.78 is 4.57. The molecule has 0 N–H and O–H groups in total. The van der Waals surface area contributed by atoms with Crippen molar-refractivity contribution in [2.24, 2.45) is 4.99 Å². The minimum atomic E-state index is -0.383. The van der Waals surface area contributed by atoms with E-state index in [9.17, 15) is 4.79 Å². The van der Waals surface area contributed by atoms with E-state index >= 15 is 0 Å². The minimum absolute atomic E-state index is 0.180. The molecule has 1 aromatic carbocycles. The third-order valence-electron chi connectivity index (χ3n) is 3.72. The molecule has 128 valence electrons.